The van der Waals surface area contributed by atoms with Crippen LogP contribution in [0.4, 0.5) is 13.2 Å². The Morgan fingerprint density at radius 3 is 2.33 bits per heavy atom. The van der Waals surface area contributed by atoms with Gasteiger partial charge in [-0.1, -0.05) is 41.8 Å². The third-order valence-corrected chi connectivity index (χ3v) is 2.98. The van der Waals surface area contributed by atoms with E-state index in [0.29, 0.717) is 0 Å². The summed E-state index contributed by atoms with van der Waals surface area (Å²) >= 11 is 0. The molecule has 2 rings (SSSR count). The second-order valence-electron chi connectivity index (χ2n) is 4.12. The Morgan fingerprint density at radius 2 is 1.78 bits per heavy atom. The molecule has 18 heavy (non-hydrogen) atoms. The number of allylic oxidation sites excluding steroid dienone is 2. The quantitative estimate of drug-likeness (QED) is 0.730. The van der Waals surface area contributed by atoms with Gasteiger partial charge in [0.15, 0.2) is 0 Å². The molecule has 1 heterocycles. The van der Waals surface area contributed by atoms with Crippen molar-refractivity contribution in [2.75, 3.05) is 6.54 Å². The Balaban J connectivity index is 2.24. The normalized spacial score (nSPS) is 15.3. The first-order chi connectivity index (χ1) is 8.52. The predicted octanol–water partition coefficient (Wildman–Crippen LogP) is 2.85. The fraction of sp³-hybridized carbons (Fsp3) is 0.231. The fourth-order valence-electron chi connectivity index (χ4n) is 2.01. The molecule has 0 fully saturated rings. The Bertz CT molecular complexity index is 462. The smallest absolute Gasteiger partial charge is 0.413 e. The fourth-order valence-corrected chi connectivity index (χ4v) is 2.01. The summed E-state index contributed by atoms with van der Waals surface area (Å²) in [5, 5.41) is 0. The average Bonchev–Trinajstić information content (AvgIpc) is 2.38. The van der Waals surface area contributed by atoms with Crippen molar-refractivity contribution in [3.05, 3.63) is 54.2 Å². The molecule has 0 amide bonds. The highest BCUT2D eigenvalue weighted by Gasteiger charge is 2.30. The highest BCUT2D eigenvalue weighted by atomic mass is 19.4. The van der Waals surface area contributed by atoms with Crippen molar-refractivity contribution >= 4 is 12.3 Å². The summed E-state index contributed by atoms with van der Waals surface area (Å²) < 4.78 is 37.4. The maximum absolute atomic E-state index is 12.5. The molecule has 94 valence electrons. The second kappa shape index (κ2) is 4.92. The summed E-state index contributed by atoms with van der Waals surface area (Å²) in [7, 11) is 0. The molecule has 1 aliphatic heterocycles. The zero-order chi connectivity index (χ0) is 13.2. The SMILES string of the molecule is CCN1C=CC=CB1c1ccc(C(F)(F)F)cc1. The van der Waals surface area contributed by atoms with Crippen LogP contribution in [0.15, 0.2) is 48.6 Å². The number of halogens is 3. The average molecular weight is 251 g/mol. The lowest BCUT2D eigenvalue weighted by Gasteiger charge is -2.26. The van der Waals surface area contributed by atoms with E-state index in [4.69, 9.17) is 0 Å². The lowest BCUT2D eigenvalue weighted by Crippen LogP contribution is -2.45. The lowest BCUT2D eigenvalue weighted by atomic mass is 9.53. The van der Waals surface area contributed by atoms with Crippen LogP contribution < -0.4 is 5.46 Å². The van der Waals surface area contributed by atoms with E-state index in [1.807, 2.05) is 31.3 Å². The van der Waals surface area contributed by atoms with Gasteiger partial charge < -0.3 is 4.81 Å². The van der Waals surface area contributed by atoms with Gasteiger partial charge in [-0.25, -0.2) is 0 Å². The number of hydrogen-bond acceptors (Lipinski definition) is 1. The van der Waals surface area contributed by atoms with Crippen molar-refractivity contribution in [3.63, 3.8) is 0 Å². The molecule has 0 saturated carbocycles. The molecule has 0 saturated heterocycles. The van der Waals surface area contributed by atoms with Crippen molar-refractivity contribution in [2.45, 2.75) is 13.1 Å². The van der Waals surface area contributed by atoms with E-state index in [2.05, 4.69) is 4.81 Å². The summed E-state index contributed by atoms with van der Waals surface area (Å²) in [6, 6.07) is 5.35. The van der Waals surface area contributed by atoms with Crippen molar-refractivity contribution in [1.29, 1.82) is 0 Å². The molecular formula is C13H13BF3N. The molecule has 1 aromatic rings. The first kappa shape index (κ1) is 12.8. The first-order valence-electron chi connectivity index (χ1n) is 5.80. The lowest BCUT2D eigenvalue weighted by molar-refractivity contribution is -0.137. The van der Waals surface area contributed by atoms with Crippen LogP contribution in [0.2, 0.25) is 0 Å². The van der Waals surface area contributed by atoms with E-state index in [-0.39, 0.29) is 6.85 Å². The van der Waals surface area contributed by atoms with Gasteiger partial charge in [-0.3, -0.25) is 0 Å². The first-order valence-corrected chi connectivity index (χ1v) is 5.80. The zero-order valence-corrected chi connectivity index (χ0v) is 9.98. The van der Waals surface area contributed by atoms with Gasteiger partial charge in [-0.15, -0.1) is 0 Å². The van der Waals surface area contributed by atoms with E-state index in [1.54, 1.807) is 12.1 Å². The standard InChI is InChI=1S/C13H13BF3N/c1-2-18-10-4-3-9-14(18)12-7-5-11(6-8-12)13(15,16)17/h3-10H,2H2,1H3. The molecule has 0 spiro atoms. The van der Waals surface area contributed by atoms with E-state index in [9.17, 15) is 13.2 Å². The molecule has 1 aromatic carbocycles. The monoisotopic (exact) mass is 251 g/mol. The topological polar surface area (TPSA) is 3.24 Å². The van der Waals surface area contributed by atoms with Crippen LogP contribution in [-0.2, 0) is 6.18 Å². The molecule has 1 aliphatic rings. The molecule has 0 aromatic heterocycles. The maximum Gasteiger partial charge on any atom is 0.416 e. The number of benzene rings is 1. The van der Waals surface area contributed by atoms with Gasteiger partial charge in [0.2, 0.25) is 0 Å². The molecule has 0 aliphatic carbocycles. The summed E-state index contributed by atoms with van der Waals surface area (Å²) in [5.74, 6) is 1.98. The van der Waals surface area contributed by atoms with Gasteiger partial charge in [-0.05, 0) is 19.2 Å². The number of rotatable bonds is 2. The summed E-state index contributed by atoms with van der Waals surface area (Å²) in [5.41, 5.74) is 0.259. The molecule has 0 bridgehead atoms. The van der Waals surface area contributed by atoms with Crippen LogP contribution in [0.3, 0.4) is 0 Å². The molecule has 0 radical (unpaired) electrons. The van der Waals surface area contributed by atoms with Crippen molar-refractivity contribution in [1.82, 2.24) is 4.81 Å². The minimum Gasteiger partial charge on any atom is -0.413 e. The maximum atomic E-state index is 12.5. The van der Waals surface area contributed by atoms with Gasteiger partial charge in [0.05, 0.1) is 5.56 Å². The minimum absolute atomic E-state index is 0.0160. The Labute approximate surface area is 105 Å². The van der Waals surface area contributed by atoms with Crippen molar-refractivity contribution in [3.8, 4) is 0 Å². The van der Waals surface area contributed by atoms with Crippen LogP contribution in [-0.4, -0.2) is 18.2 Å². The molecule has 0 atom stereocenters. The third-order valence-electron chi connectivity index (χ3n) is 2.98. The second-order valence-corrected chi connectivity index (χ2v) is 4.12. The van der Waals surface area contributed by atoms with Crippen molar-refractivity contribution < 1.29 is 13.2 Å². The molecule has 0 N–H and O–H groups in total. The Hall–Kier alpha value is -1.65. The predicted molar refractivity (Wildman–Crippen MR) is 67.5 cm³/mol. The van der Waals surface area contributed by atoms with Gasteiger partial charge in [-0.2, -0.15) is 13.2 Å². The number of nitrogens with zero attached hydrogens (tertiary/aromatic N) is 1. The summed E-state index contributed by atoms with van der Waals surface area (Å²) in [4.78, 5) is 2.07. The van der Waals surface area contributed by atoms with Crippen LogP contribution in [0.1, 0.15) is 12.5 Å². The van der Waals surface area contributed by atoms with Gasteiger partial charge in [0.25, 0.3) is 0 Å². The Kier molecular flexibility index (Phi) is 3.50. The summed E-state index contributed by atoms with van der Waals surface area (Å²) in [6.45, 7) is 2.84. The van der Waals surface area contributed by atoms with Crippen molar-refractivity contribution in [2.24, 2.45) is 0 Å². The highest BCUT2D eigenvalue weighted by molar-refractivity contribution is 6.75. The number of alkyl halides is 3. The van der Waals surface area contributed by atoms with E-state index < -0.39 is 11.7 Å². The molecule has 5 heteroatoms. The van der Waals surface area contributed by atoms with Gasteiger partial charge >= 0.3 is 13.0 Å². The minimum atomic E-state index is -4.27. The highest BCUT2D eigenvalue weighted by Crippen LogP contribution is 2.28. The molecular weight excluding hydrogens is 238 g/mol. The van der Waals surface area contributed by atoms with Gasteiger partial charge in [0.1, 0.15) is 0 Å². The largest absolute Gasteiger partial charge is 0.416 e. The number of hydrogen-bond donors (Lipinski definition) is 0. The van der Waals surface area contributed by atoms with E-state index in [0.717, 1.165) is 24.1 Å². The van der Waals surface area contributed by atoms with Crippen LogP contribution in [0.25, 0.3) is 0 Å². The van der Waals surface area contributed by atoms with Crippen LogP contribution >= 0.6 is 0 Å². The molecule has 0 unspecified atom stereocenters. The van der Waals surface area contributed by atoms with Crippen LogP contribution in [0, 0.1) is 0 Å². The Morgan fingerprint density at radius 1 is 1.11 bits per heavy atom. The third kappa shape index (κ3) is 2.60. The zero-order valence-electron chi connectivity index (χ0n) is 9.98. The van der Waals surface area contributed by atoms with Crippen LogP contribution in [0.5, 0.6) is 0 Å². The molecule has 1 nitrogen and oxygen atoms in total. The summed E-state index contributed by atoms with van der Waals surface area (Å²) in [6.07, 6.45) is 1.51. The van der Waals surface area contributed by atoms with E-state index >= 15 is 0 Å². The van der Waals surface area contributed by atoms with Gasteiger partial charge in [0, 0.05) is 6.54 Å². The van der Waals surface area contributed by atoms with E-state index in [1.165, 1.54) is 0 Å².